The maximum atomic E-state index is 11.5. The van der Waals surface area contributed by atoms with Crippen LogP contribution in [-0.2, 0) is 14.3 Å². The van der Waals surface area contributed by atoms with Crippen molar-refractivity contribution in [1.29, 1.82) is 0 Å². The molecule has 3 heteroatoms. The van der Waals surface area contributed by atoms with Gasteiger partial charge in [-0.05, 0) is 6.42 Å². The van der Waals surface area contributed by atoms with Crippen molar-refractivity contribution in [3.05, 3.63) is 11.3 Å². The highest BCUT2D eigenvalue weighted by atomic mass is 16.7. The lowest BCUT2D eigenvalue weighted by molar-refractivity contribution is -0.170. The number of methoxy groups -OCH3 is 1. The van der Waals surface area contributed by atoms with Gasteiger partial charge in [0.2, 0.25) is 5.79 Å². The van der Waals surface area contributed by atoms with Crippen LogP contribution < -0.4 is 0 Å². The van der Waals surface area contributed by atoms with Crippen LogP contribution in [-0.4, -0.2) is 18.7 Å². The van der Waals surface area contributed by atoms with Gasteiger partial charge in [-0.25, -0.2) is 0 Å². The molecule has 0 aromatic heterocycles. The molecule has 0 amide bonds. The molecule has 0 aromatic rings. The second-order valence-electron chi connectivity index (χ2n) is 3.80. The summed E-state index contributed by atoms with van der Waals surface area (Å²) in [6, 6.07) is 0. The van der Waals surface area contributed by atoms with Gasteiger partial charge in [0.05, 0.1) is 0 Å². The zero-order valence-electron chi connectivity index (χ0n) is 8.05. The lowest BCUT2D eigenvalue weighted by atomic mass is 9.94. The maximum Gasteiger partial charge on any atom is 0.211 e. The molecule has 0 saturated heterocycles. The molecule has 1 aliphatic heterocycles. The SMILES string of the molecule is COC1(C)CC2=C(CCCC2=O)O1. The predicted octanol–water partition coefficient (Wildman–Crippen LogP) is 1.78. The molecule has 0 fully saturated rings. The molecule has 1 heterocycles. The van der Waals surface area contributed by atoms with Crippen molar-refractivity contribution in [3.8, 4) is 0 Å². The zero-order chi connectivity index (χ0) is 9.47. The van der Waals surface area contributed by atoms with Crippen molar-refractivity contribution >= 4 is 5.78 Å². The van der Waals surface area contributed by atoms with Gasteiger partial charge in [-0.3, -0.25) is 4.79 Å². The lowest BCUT2D eigenvalue weighted by Gasteiger charge is -2.22. The summed E-state index contributed by atoms with van der Waals surface area (Å²) in [5.41, 5.74) is 0.857. The summed E-state index contributed by atoms with van der Waals surface area (Å²) in [7, 11) is 1.61. The van der Waals surface area contributed by atoms with Crippen LogP contribution in [0, 0.1) is 0 Å². The maximum absolute atomic E-state index is 11.5. The molecule has 0 N–H and O–H groups in total. The minimum atomic E-state index is -0.593. The third kappa shape index (κ3) is 1.37. The number of ether oxygens (including phenoxy) is 2. The van der Waals surface area contributed by atoms with Gasteiger partial charge in [-0.1, -0.05) is 0 Å². The monoisotopic (exact) mass is 182 g/mol. The van der Waals surface area contributed by atoms with E-state index in [4.69, 9.17) is 9.47 Å². The minimum Gasteiger partial charge on any atom is -0.466 e. The summed E-state index contributed by atoms with van der Waals surface area (Å²) in [6.45, 7) is 1.87. The van der Waals surface area contributed by atoms with Crippen molar-refractivity contribution in [2.45, 2.75) is 38.4 Å². The molecule has 0 saturated carbocycles. The summed E-state index contributed by atoms with van der Waals surface area (Å²) in [6.07, 6.45) is 3.08. The second kappa shape index (κ2) is 2.84. The number of carbonyl (C=O) groups excluding carboxylic acids is 1. The summed E-state index contributed by atoms with van der Waals surface area (Å²) >= 11 is 0. The summed E-state index contributed by atoms with van der Waals surface area (Å²) in [5, 5.41) is 0. The fraction of sp³-hybridized carbons (Fsp3) is 0.700. The van der Waals surface area contributed by atoms with Crippen LogP contribution in [0.4, 0.5) is 0 Å². The number of ketones is 1. The van der Waals surface area contributed by atoms with Gasteiger partial charge in [0.25, 0.3) is 0 Å². The number of hydrogen-bond donors (Lipinski definition) is 0. The van der Waals surface area contributed by atoms with Crippen LogP contribution in [0.25, 0.3) is 0 Å². The molecule has 0 spiro atoms. The van der Waals surface area contributed by atoms with E-state index in [1.165, 1.54) is 0 Å². The molecule has 3 nitrogen and oxygen atoms in total. The molecule has 72 valence electrons. The quantitative estimate of drug-likeness (QED) is 0.620. The van der Waals surface area contributed by atoms with E-state index in [0.29, 0.717) is 12.8 Å². The van der Waals surface area contributed by atoms with Crippen LogP contribution in [0.2, 0.25) is 0 Å². The van der Waals surface area contributed by atoms with E-state index in [9.17, 15) is 4.79 Å². The third-order valence-corrected chi connectivity index (χ3v) is 2.75. The normalized spacial score (nSPS) is 33.2. The van der Waals surface area contributed by atoms with E-state index >= 15 is 0 Å². The van der Waals surface area contributed by atoms with E-state index in [1.807, 2.05) is 6.92 Å². The van der Waals surface area contributed by atoms with E-state index in [-0.39, 0.29) is 5.78 Å². The van der Waals surface area contributed by atoms with E-state index < -0.39 is 5.79 Å². The molecule has 0 radical (unpaired) electrons. The summed E-state index contributed by atoms with van der Waals surface area (Å²) in [5.74, 6) is 0.507. The standard InChI is InChI=1S/C10H14O3/c1-10(12-2)6-7-8(11)4-3-5-9(7)13-10/h3-6H2,1-2H3. The van der Waals surface area contributed by atoms with E-state index in [1.54, 1.807) is 7.11 Å². The Hall–Kier alpha value is -0.830. The molecular formula is C10H14O3. The summed E-state index contributed by atoms with van der Waals surface area (Å²) < 4.78 is 10.8. The first-order chi connectivity index (χ1) is 6.14. The topological polar surface area (TPSA) is 35.5 Å². The summed E-state index contributed by atoms with van der Waals surface area (Å²) in [4.78, 5) is 11.5. The van der Waals surface area contributed by atoms with Crippen LogP contribution in [0.5, 0.6) is 0 Å². The Kier molecular flexibility index (Phi) is 1.91. The van der Waals surface area contributed by atoms with Crippen molar-refractivity contribution in [2.24, 2.45) is 0 Å². The Morgan fingerprint density at radius 2 is 2.23 bits per heavy atom. The van der Waals surface area contributed by atoms with Gasteiger partial charge in [0, 0.05) is 38.9 Å². The van der Waals surface area contributed by atoms with Gasteiger partial charge >= 0.3 is 0 Å². The van der Waals surface area contributed by atoms with Crippen molar-refractivity contribution in [1.82, 2.24) is 0 Å². The van der Waals surface area contributed by atoms with E-state index in [2.05, 4.69) is 0 Å². The number of hydrogen-bond acceptors (Lipinski definition) is 3. The van der Waals surface area contributed by atoms with Gasteiger partial charge in [-0.2, -0.15) is 0 Å². The van der Waals surface area contributed by atoms with Gasteiger partial charge in [-0.15, -0.1) is 0 Å². The Balaban J connectivity index is 2.22. The highest BCUT2D eigenvalue weighted by Crippen LogP contribution is 2.39. The highest BCUT2D eigenvalue weighted by Gasteiger charge is 2.40. The number of carbonyl (C=O) groups is 1. The van der Waals surface area contributed by atoms with Gasteiger partial charge in [0.15, 0.2) is 5.78 Å². The largest absolute Gasteiger partial charge is 0.466 e. The average molecular weight is 182 g/mol. The Bertz CT molecular complexity index is 280. The van der Waals surface area contributed by atoms with Crippen molar-refractivity contribution in [3.63, 3.8) is 0 Å². The third-order valence-electron chi connectivity index (χ3n) is 2.75. The molecule has 13 heavy (non-hydrogen) atoms. The Labute approximate surface area is 77.7 Å². The molecule has 1 unspecified atom stereocenters. The molecule has 1 aliphatic carbocycles. The smallest absolute Gasteiger partial charge is 0.211 e. The van der Waals surface area contributed by atoms with Crippen LogP contribution in [0.15, 0.2) is 11.3 Å². The number of Topliss-reactive ketones (excluding diaryl/α,β-unsaturated/α-hetero) is 1. The highest BCUT2D eigenvalue weighted by molar-refractivity contribution is 5.97. The zero-order valence-corrected chi connectivity index (χ0v) is 8.05. The fourth-order valence-electron chi connectivity index (χ4n) is 1.91. The molecule has 2 rings (SSSR count). The molecule has 2 aliphatic rings. The minimum absolute atomic E-state index is 0.238. The van der Waals surface area contributed by atoms with E-state index in [0.717, 1.165) is 24.2 Å². The fourth-order valence-corrected chi connectivity index (χ4v) is 1.91. The molecular weight excluding hydrogens is 168 g/mol. The average Bonchev–Trinajstić information content (AvgIpc) is 2.45. The van der Waals surface area contributed by atoms with Gasteiger partial charge in [0.1, 0.15) is 5.76 Å². The second-order valence-corrected chi connectivity index (χ2v) is 3.80. The number of rotatable bonds is 1. The van der Waals surface area contributed by atoms with Crippen LogP contribution >= 0.6 is 0 Å². The first kappa shape index (κ1) is 8.75. The van der Waals surface area contributed by atoms with Gasteiger partial charge < -0.3 is 9.47 Å². The lowest BCUT2D eigenvalue weighted by Crippen LogP contribution is -2.26. The van der Waals surface area contributed by atoms with Crippen molar-refractivity contribution < 1.29 is 14.3 Å². The Morgan fingerprint density at radius 3 is 2.85 bits per heavy atom. The first-order valence-electron chi connectivity index (χ1n) is 4.64. The van der Waals surface area contributed by atoms with Crippen LogP contribution in [0.3, 0.4) is 0 Å². The number of allylic oxidation sites excluding steroid dienone is 1. The Morgan fingerprint density at radius 1 is 1.46 bits per heavy atom. The molecule has 0 aromatic carbocycles. The van der Waals surface area contributed by atoms with Crippen LogP contribution in [0.1, 0.15) is 32.6 Å². The molecule has 1 atom stereocenters. The molecule has 0 bridgehead atoms. The predicted molar refractivity (Wildman–Crippen MR) is 47.0 cm³/mol. The first-order valence-corrected chi connectivity index (χ1v) is 4.64. The van der Waals surface area contributed by atoms with Crippen molar-refractivity contribution in [2.75, 3.05) is 7.11 Å².